The number of ether oxygens (including phenoxy) is 2. The molecule has 0 saturated carbocycles. The zero-order valence-corrected chi connectivity index (χ0v) is 25.4. The van der Waals surface area contributed by atoms with E-state index in [0.29, 0.717) is 28.4 Å². The lowest BCUT2D eigenvalue weighted by Gasteiger charge is -2.20. The molecule has 0 aliphatic heterocycles. The highest BCUT2D eigenvalue weighted by atomic mass is 32.1. The molecule has 8 nitrogen and oxygen atoms in total. The predicted octanol–water partition coefficient (Wildman–Crippen LogP) is 8.68. The minimum absolute atomic E-state index is 0.256. The van der Waals surface area contributed by atoms with Gasteiger partial charge in [0.05, 0.1) is 34.7 Å². The first-order valence-electron chi connectivity index (χ1n) is 13.8. The van der Waals surface area contributed by atoms with E-state index in [-0.39, 0.29) is 12.6 Å². The molecule has 2 heterocycles. The summed E-state index contributed by atoms with van der Waals surface area (Å²) in [4.78, 5) is 33.7. The summed E-state index contributed by atoms with van der Waals surface area (Å²) < 4.78 is 11.6. The molecule has 2 aromatic carbocycles. The lowest BCUT2D eigenvalue weighted by atomic mass is 10.0. The third-order valence-corrected chi connectivity index (χ3v) is 8.26. The lowest BCUT2D eigenvalue weighted by Crippen LogP contribution is -2.21. The Balaban J connectivity index is 1.51. The summed E-state index contributed by atoms with van der Waals surface area (Å²) in [7, 11) is 0. The number of unbranched alkanes of at least 4 members (excludes halogenated alkanes) is 1. The summed E-state index contributed by atoms with van der Waals surface area (Å²) in [6.45, 7) is 10.6. The van der Waals surface area contributed by atoms with Crippen LogP contribution in [0.1, 0.15) is 61.3 Å². The number of esters is 2. The summed E-state index contributed by atoms with van der Waals surface area (Å²) in [5.41, 5.74) is 3.42. The van der Waals surface area contributed by atoms with Crippen LogP contribution in [0.5, 0.6) is 0 Å². The smallest absolute Gasteiger partial charge is 0.338 e. The first-order chi connectivity index (χ1) is 19.9. The monoisotopic (exact) mass is 590 g/mol. The molecule has 0 bridgehead atoms. The Bertz CT molecular complexity index is 1490. The molecular weight excluding hydrogens is 556 g/mol. The van der Waals surface area contributed by atoms with Gasteiger partial charge < -0.3 is 14.4 Å². The normalized spacial score (nSPS) is 11.8. The van der Waals surface area contributed by atoms with Crippen LogP contribution in [0.3, 0.4) is 0 Å². The standard InChI is InChI=1S/C31H34N4O4S2/c1-5-9-18-39-29(36)22-12-10-21(11-13-22)26(30(37)38-8-4)19-25-20-27-28(40-25)32-31(41-27)34-33-23-14-16-24(17-15-23)35(6-2)7-3/h10-17,19-20H,5-9,18H2,1-4H3/b26-19-,34-33+. The SMILES string of the molecule is CCCCOC(=O)c1ccc(/C(=C/c2cc3sc(/N=N/c4ccc(N(CC)CC)cc4)nc3s2)C(=O)OCC)cc1. The fourth-order valence-electron chi connectivity index (χ4n) is 4.06. The van der Waals surface area contributed by atoms with Crippen LogP contribution in [0.25, 0.3) is 21.2 Å². The summed E-state index contributed by atoms with van der Waals surface area (Å²) in [6.07, 6.45) is 3.57. The van der Waals surface area contributed by atoms with E-state index in [1.165, 1.54) is 22.7 Å². The molecule has 2 aromatic heterocycles. The van der Waals surface area contributed by atoms with E-state index < -0.39 is 5.97 Å². The molecule has 0 amide bonds. The average molecular weight is 591 g/mol. The molecule has 0 N–H and O–H groups in total. The number of azo groups is 1. The van der Waals surface area contributed by atoms with Gasteiger partial charge in [-0.15, -0.1) is 21.6 Å². The van der Waals surface area contributed by atoms with Crippen LogP contribution in [-0.4, -0.2) is 43.2 Å². The minimum atomic E-state index is -0.433. The van der Waals surface area contributed by atoms with Gasteiger partial charge in [0.2, 0.25) is 5.13 Å². The third-order valence-electron chi connectivity index (χ3n) is 6.27. The Kier molecular flexibility index (Phi) is 10.8. The van der Waals surface area contributed by atoms with Crippen molar-refractivity contribution in [3.8, 4) is 0 Å². The highest BCUT2D eigenvalue weighted by molar-refractivity contribution is 7.29. The van der Waals surface area contributed by atoms with Crippen molar-refractivity contribution in [2.45, 2.75) is 40.5 Å². The van der Waals surface area contributed by atoms with Gasteiger partial charge in [-0.05, 0) is 81.3 Å². The lowest BCUT2D eigenvalue weighted by molar-refractivity contribution is -0.136. The number of thiophene rings is 1. The van der Waals surface area contributed by atoms with Crippen LogP contribution in [0.15, 0.2) is 64.8 Å². The quantitative estimate of drug-likeness (QED) is 0.0669. The highest BCUT2D eigenvalue weighted by Gasteiger charge is 2.17. The van der Waals surface area contributed by atoms with E-state index in [9.17, 15) is 9.59 Å². The fraction of sp³-hybridized carbons (Fsp3) is 0.323. The Labute approximate surface area is 248 Å². The molecule has 0 aliphatic rings. The van der Waals surface area contributed by atoms with Crippen LogP contribution in [0.4, 0.5) is 16.5 Å². The molecule has 0 radical (unpaired) electrons. The van der Waals surface area contributed by atoms with Crippen LogP contribution in [0.2, 0.25) is 0 Å². The predicted molar refractivity (Wildman–Crippen MR) is 168 cm³/mol. The van der Waals surface area contributed by atoms with Crippen LogP contribution in [0, 0.1) is 0 Å². The summed E-state index contributed by atoms with van der Waals surface area (Å²) >= 11 is 2.90. The second kappa shape index (κ2) is 14.7. The second-order valence-electron chi connectivity index (χ2n) is 9.05. The van der Waals surface area contributed by atoms with E-state index in [1.54, 1.807) is 37.3 Å². The van der Waals surface area contributed by atoms with Crippen molar-refractivity contribution in [3.63, 3.8) is 0 Å². The zero-order chi connectivity index (χ0) is 29.2. The Morgan fingerprint density at radius 2 is 1.61 bits per heavy atom. The van der Waals surface area contributed by atoms with E-state index in [2.05, 4.69) is 34.0 Å². The molecular formula is C31H34N4O4S2. The zero-order valence-electron chi connectivity index (χ0n) is 23.8. The topological polar surface area (TPSA) is 93.5 Å². The largest absolute Gasteiger partial charge is 0.462 e. The van der Waals surface area contributed by atoms with Crippen molar-refractivity contribution in [1.29, 1.82) is 0 Å². The van der Waals surface area contributed by atoms with Crippen LogP contribution in [-0.2, 0) is 14.3 Å². The molecule has 4 aromatic rings. The van der Waals surface area contributed by atoms with Crippen LogP contribution < -0.4 is 4.90 Å². The molecule has 10 heteroatoms. The van der Waals surface area contributed by atoms with Crippen molar-refractivity contribution < 1.29 is 19.1 Å². The van der Waals surface area contributed by atoms with E-state index >= 15 is 0 Å². The molecule has 0 saturated heterocycles. The maximum atomic E-state index is 12.8. The third kappa shape index (κ3) is 7.86. The highest BCUT2D eigenvalue weighted by Crippen LogP contribution is 2.36. The molecule has 4 rings (SSSR count). The van der Waals surface area contributed by atoms with Gasteiger partial charge in [0, 0.05) is 23.7 Å². The summed E-state index contributed by atoms with van der Waals surface area (Å²) in [6, 6.07) is 16.8. The number of thiazole rings is 1. The molecule has 0 fully saturated rings. The number of nitrogens with zero attached hydrogens (tertiary/aromatic N) is 4. The van der Waals surface area contributed by atoms with Gasteiger partial charge in [-0.2, -0.15) is 0 Å². The average Bonchev–Trinajstić information content (AvgIpc) is 3.55. The van der Waals surface area contributed by atoms with Crippen LogP contribution >= 0.6 is 22.7 Å². The molecule has 214 valence electrons. The van der Waals surface area contributed by atoms with E-state index in [1.807, 2.05) is 37.3 Å². The number of carbonyl (C=O) groups is 2. The van der Waals surface area contributed by atoms with Gasteiger partial charge in [-0.3, -0.25) is 0 Å². The molecule has 0 aliphatic carbocycles. The fourth-order valence-corrected chi connectivity index (χ4v) is 6.05. The number of hydrogen-bond donors (Lipinski definition) is 0. The van der Waals surface area contributed by atoms with Gasteiger partial charge in [0.25, 0.3) is 0 Å². The van der Waals surface area contributed by atoms with Crippen molar-refractivity contribution >= 4 is 72.3 Å². The van der Waals surface area contributed by atoms with E-state index in [4.69, 9.17) is 9.47 Å². The van der Waals surface area contributed by atoms with Crippen molar-refractivity contribution in [1.82, 2.24) is 4.98 Å². The number of carbonyl (C=O) groups excluding carboxylic acids is 2. The van der Waals surface area contributed by atoms with Crippen molar-refractivity contribution in [2.75, 3.05) is 31.2 Å². The van der Waals surface area contributed by atoms with E-state index in [0.717, 1.165) is 51.7 Å². The molecule has 0 spiro atoms. The maximum absolute atomic E-state index is 12.8. The van der Waals surface area contributed by atoms with Crippen molar-refractivity contribution in [3.05, 3.63) is 70.6 Å². The Hall–Kier alpha value is -3.89. The molecule has 0 atom stereocenters. The number of aromatic nitrogens is 1. The van der Waals surface area contributed by atoms with Crippen molar-refractivity contribution in [2.24, 2.45) is 10.2 Å². The number of hydrogen-bond acceptors (Lipinski definition) is 10. The van der Waals surface area contributed by atoms with Gasteiger partial charge in [0.1, 0.15) is 4.83 Å². The number of rotatable bonds is 13. The Morgan fingerprint density at radius 1 is 0.902 bits per heavy atom. The van der Waals surface area contributed by atoms with Gasteiger partial charge in [0.15, 0.2) is 0 Å². The number of benzene rings is 2. The molecule has 0 unspecified atom stereocenters. The number of fused-ring (bicyclic) bond motifs is 1. The summed E-state index contributed by atoms with van der Waals surface area (Å²) in [5, 5.41) is 9.26. The second-order valence-corrected chi connectivity index (χ2v) is 11.1. The number of anilines is 1. The van der Waals surface area contributed by atoms with Gasteiger partial charge in [-0.25, -0.2) is 14.6 Å². The first-order valence-corrected chi connectivity index (χ1v) is 15.4. The maximum Gasteiger partial charge on any atom is 0.338 e. The van der Waals surface area contributed by atoms with Gasteiger partial charge >= 0.3 is 11.9 Å². The Morgan fingerprint density at radius 3 is 2.24 bits per heavy atom. The van der Waals surface area contributed by atoms with Gasteiger partial charge in [-0.1, -0.05) is 36.8 Å². The summed E-state index contributed by atoms with van der Waals surface area (Å²) in [5.74, 6) is -0.808. The minimum Gasteiger partial charge on any atom is -0.462 e. The molecule has 41 heavy (non-hydrogen) atoms. The first kappa shape index (κ1) is 30.1.